The Kier molecular flexibility index (Phi) is 4.39. The second-order valence-corrected chi connectivity index (χ2v) is 8.13. The highest BCUT2D eigenvalue weighted by molar-refractivity contribution is 7.57. The molecule has 118 valence electrons. The van der Waals surface area contributed by atoms with Gasteiger partial charge in [0.2, 0.25) is 11.8 Å². The van der Waals surface area contributed by atoms with Gasteiger partial charge in [0.1, 0.15) is 0 Å². The first-order chi connectivity index (χ1) is 9.70. The zero-order chi connectivity index (χ0) is 15.8. The van der Waals surface area contributed by atoms with Crippen LogP contribution in [0.4, 0.5) is 0 Å². The van der Waals surface area contributed by atoms with E-state index in [0.29, 0.717) is 13.0 Å². The van der Waals surface area contributed by atoms with Gasteiger partial charge in [-0.05, 0) is 19.3 Å². The van der Waals surface area contributed by atoms with Crippen LogP contribution in [0.15, 0.2) is 0 Å². The molecule has 2 aliphatic rings. The normalized spacial score (nSPS) is 29.6. The second kappa shape index (κ2) is 5.77. The molecule has 0 aliphatic carbocycles. The molecule has 0 aromatic carbocycles. The van der Waals surface area contributed by atoms with Gasteiger partial charge in [-0.3, -0.25) is 19.2 Å². The average Bonchev–Trinajstić information content (AvgIpc) is 2.49. The molecule has 2 heterocycles. The van der Waals surface area contributed by atoms with Crippen molar-refractivity contribution in [2.45, 2.75) is 31.7 Å². The number of aliphatic carboxylic acids is 1. The molecule has 2 aliphatic heterocycles. The lowest BCUT2D eigenvalue weighted by Crippen LogP contribution is -2.60. The third kappa shape index (κ3) is 3.44. The molecular weight excluding hydrogens is 299 g/mol. The fourth-order valence-electron chi connectivity index (χ4n) is 2.89. The number of hydrazine groups is 1. The molecule has 21 heavy (non-hydrogen) atoms. The van der Waals surface area contributed by atoms with E-state index in [2.05, 4.69) is 0 Å². The Hall–Kier alpha value is -1.40. The zero-order valence-electron chi connectivity index (χ0n) is 11.8. The maximum atomic E-state index is 12.6. The molecule has 3 atom stereocenters. The van der Waals surface area contributed by atoms with Crippen LogP contribution in [0.5, 0.6) is 0 Å². The number of hydrogen-bond acceptors (Lipinski definition) is 4. The van der Waals surface area contributed by atoms with Crippen LogP contribution in [0.25, 0.3) is 0 Å². The lowest BCUT2D eigenvalue weighted by Gasteiger charge is -2.41. The van der Waals surface area contributed by atoms with E-state index >= 15 is 0 Å². The van der Waals surface area contributed by atoms with Gasteiger partial charge in [0.05, 0.1) is 0 Å². The summed E-state index contributed by atoms with van der Waals surface area (Å²) < 4.78 is 11.6. The van der Waals surface area contributed by atoms with E-state index in [1.165, 1.54) is 5.01 Å². The molecule has 0 aromatic rings. The van der Waals surface area contributed by atoms with Crippen LogP contribution in [0, 0.1) is 5.92 Å². The summed E-state index contributed by atoms with van der Waals surface area (Å²) >= 11 is 0. The number of carbonyl (C=O) groups excluding carboxylic acids is 2. The lowest BCUT2D eigenvalue weighted by atomic mass is 10.0. The minimum atomic E-state index is -3.43. The summed E-state index contributed by atoms with van der Waals surface area (Å²) in [5, 5.41) is 11.5. The maximum Gasteiger partial charge on any atom is 0.328 e. The molecule has 8 nitrogen and oxygen atoms in total. The van der Waals surface area contributed by atoms with Gasteiger partial charge in [0.15, 0.2) is 13.4 Å². The van der Waals surface area contributed by atoms with Gasteiger partial charge in [0, 0.05) is 31.7 Å². The number of amides is 2. The highest BCUT2D eigenvalue weighted by Gasteiger charge is 2.44. The second-order valence-electron chi connectivity index (χ2n) is 5.67. The van der Waals surface area contributed by atoms with E-state index in [1.54, 1.807) is 0 Å². The van der Waals surface area contributed by atoms with Crippen molar-refractivity contribution in [3.63, 3.8) is 0 Å². The fraction of sp³-hybridized carbons (Fsp3) is 0.750. The number of rotatable bonds is 3. The lowest BCUT2D eigenvalue weighted by molar-refractivity contribution is -0.181. The predicted molar refractivity (Wildman–Crippen MR) is 72.6 cm³/mol. The van der Waals surface area contributed by atoms with Crippen molar-refractivity contribution in [2.24, 2.45) is 5.92 Å². The van der Waals surface area contributed by atoms with Gasteiger partial charge in [-0.1, -0.05) is 0 Å². The average molecular weight is 318 g/mol. The first-order valence-electron chi connectivity index (χ1n) is 6.86. The molecule has 2 amide bonds. The summed E-state index contributed by atoms with van der Waals surface area (Å²) in [6.45, 7) is 1.47. The van der Waals surface area contributed by atoms with Crippen molar-refractivity contribution in [3.05, 3.63) is 0 Å². The van der Waals surface area contributed by atoms with Gasteiger partial charge >= 0.3 is 5.97 Å². The first kappa shape index (κ1) is 16.0. The smallest absolute Gasteiger partial charge is 0.328 e. The van der Waals surface area contributed by atoms with Crippen LogP contribution < -0.4 is 0 Å². The monoisotopic (exact) mass is 318 g/mol. The van der Waals surface area contributed by atoms with E-state index in [4.69, 9.17) is 0 Å². The third-order valence-corrected chi connectivity index (χ3v) is 4.93. The van der Waals surface area contributed by atoms with Crippen molar-refractivity contribution in [2.75, 3.05) is 19.4 Å². The summed E-state index contributed by atoms with van der Waals surface area (Å²) in [5.74, 6) is -2.80. The SMILES string of the molecule is CP(=O)(O)C[C@H]1CCC(=O)N2CCC[C@@H](C(=O)O)N2C1=O. The maximum absolute atomic E-state index is 12.6. The Morgan fingerprint density at radius 3 is 2.62 bits per heavy atom. The Labute approximate surface area is 122 Å². The first-order valence-corrected chi connectivity index (χ1v) is 9.15. The van der Waals surface area contributed by atoms with Crippen LogP contribution in [-0.4, -0.2) is 63.2 Å². The molecule has 0 aromatic heterocycles. The van der Waals surface area contributed by atoms with Gasteiger partial charge in [-0.2, -0.15) is 0 Å². The van der Waals surface area contributed by atoms with Crippen molar-refractivity contribution in [3.8, 4) is 0 Å². The predicted octanol–water partition coefficient (Wildman–Crippen LogP) is 0.116. The summed E-state index contributed by atoms with van der Waals surface area (Å²) in [6.07, 6.45) is 0.828. The van der Waals surface area contributed by atoms with Crippen molar-refractivity contribution < 1.29 is 28.9 Å². The molecule has 0 bridgehead atoms. The van der Waals surface area contributed by atoms with Gasteiger partial charge in [-0.15, -0.1) is 0 Å². The number of carboxylic acid groups (broad SMARTS) is 1. The number of fused-ring (bicyclic) bond motifs is 1. The Balaban J connectivity index is 2.32. The van der Waals surface area contributed by atoms with Crippen molar-refractivity contribution >= 4 is 25.2 Å². The van der Waals surface area contributed by atoms with Crippen molar-refractivity contribution in [1.29, 1.82) is 0 Å². The summed E-state index contributed by atoms with van der Waals surface area (Å²) in [5.41, 5.74) is 0. The van der Waals surface area contributed by atoms with E-state index in [9.17, 15) is 28.9 Å². The molecule has 2 N–H and O–H groups in total. The van der Waals surface area contributed by atoms with Crippen LogP contribution in [-0.2, 0) is 18.9 Å². The number of carbonyl (C=O) groups is 3. The standard InChI is InChI=1S/C12H19N2O6P/c1-21(19,20)7-8-4-5-10(15)13-6-2-3-9(12(17)18)14(13)11(8)16/h8-9H,2-7H2,1H3,(H,17,18)(H,19,20)/t8-,9+/m1/s1. The topological polar surface area (TPSA) is 115 Å². The van der Waals surface area contributed by atoms with Gasteiger partial charge in [0.25, 0.3) is 0 Å². The summed E-state index contributed by atoms with van der Waals surface area (Å²) in [6, 6.07) is -1.08. The van der Waals surface area contributed by atoms with Crippen LogP contribution >= 0.6 is 7.37 Å². The van der Waals surface area contributed by atoms with Gasteiger partial charge < -0.3 is 10.00 Å². The third-order valence-electron chi connectivity index (χ3n) is 3.82. The van der Waals surface area contributed by atoms with Crippen LogP contribution in [0.3, 0.4) is 0 Å². The molecule has 9 heteroatoms. The van der Waals surface area contributed by atoms with E-state index in [1.807, 2.05) is 0 Å². The summed E-state index contributed by atoms with van der Waals surface area (Å²) in [7, 11) is -3.43. The molecule has 0 spiro atoms. The molecule has 0 radical (unpaired) electrons. The highest BCUT2D eigenvalue weighted by atomic mass is 31.2. The Morgan fingerprint density at radius 2 is 2.05 bits per heavy atom. The van der Waals surface area contributed by atoms with E-state index < -0.39 is 31.2 Å². The minimum absolute atomic E-state index is 0.0826. The molecule has 2 rings (SSSR count). The molecule has 0 saturated carbocycles. The van der Waals surface area contributed by atoms with Crippen LogP contribution in [0.1, 0.15) is 25.7 Å². The Bertz CT molecular complexity index is 516. The molecule has 2 fully saturated rings. The largest absolute Gasteiger partial charge is 0.480 e. The highest BCUT2D eigenvalue weighted by Crippen LogP contribution is 2.40. The Morgan fingerprint density at radius 1 is 1.38 bits per heavy atom. The molecule has 1 unspecified atom stereocenters. The van der Waals surface area contributed by atoms with E-state index in [0.717, 1.165) is 11.7 Å². The number of carboxylic acids is 1. The van der Waals surface area contributed by atoms with Crippen LogP contribution in [0.2, 0.25) is 0 Å². The van der Waals surface area contributed by atoms with Gasteiger partial charge in [-0.25, -0.2) is 9.80 Å². The quantitative estimate of drug-likeness (QED) is 0.714. The van der Waals surface area contributed by atoms with Crippen molar-refractivity contribution in [1.82, 2.24) is 10.0 Å². The number of hydrogen-bond donors (Lipinski definition) is 2. The minimum Gasteiger partial charge on any atom is -0.480 e. The fourth-order valence-corrected chi connectivity index (χ4v) is 4.05. The molecule has 2 saturated heterocycles. The summed E-state index contributed by atoms with van der Waals surface area (Å²) in [4.78, 5) is 45.5. The number of nitrogens with zero attached hydrogens (tertiary/aromatic N) is 2. The zero-order valence-corrected chi connectivity index (χ0v) is 12.7. The van der Waals surface area contributed by atoms with E-state index in [-0.39, 0.29) is 31.3 Å². The molecular formula is C12H19N2O6P.